The van der Waals surface area contributed by atoms with Crippen molar-refractivity contribution >= 4 is 34.7 Å². The highest BCUT2D eigenvalue weighted by Gasteiger charge is 2.29. The minimum absolute atomic E-state index is 0. The van der Waals surface area contributed by atoms with E-state index in [0.717, 1.165) is 28.8 Å². The number of aryl methyl sites for hydroxylation is 3. The van der Waals surface area contributed by atoms with Crippen LogP contribution in [0.25, 0.3) is 11.0 Å². The summed E-state index contributed by atoms with van der Waals surface area (Å²) in [5.41, 5.74) is 11.8. The summed E-state index contributed by atoms with van der Waals surface area (Å²) in [5.74, 6) is -1.73. The molecule has 16 heteroatoms. The number of methoxy groups -OCH3 is 2. The van der Waals surface area contributed by atoms with Crippen molar-refractivity contribution < 1.29 is 62.1 Å². The maximum Gasteiger partial charge on any atom is 0.343 e. The van der Waals surface area contributed by atoms with Crippen molar-refractivity contribution in [2.24, 2.45) is 5.73 Å². The number of nitrogens with zero attached hydrogens (tertiary/aromatic N) is 6. The predicted molar refractivity (Wildman–Crippen MR) is 192 cm³/mol. The first kappa shape index (κ1) is 40.9. The highest BCUT2D eigenvalue weighted by molar-refractivity contribution is 6.44. The Bertz CT molecular complexity index is 2310. The number of rotatable bonds is 12. The number of nitrogens with two attached hydrogens (primary N) is 1. The number of amides is 1. The lowest BCUT2D eigenvalue weighted by Gasteiger charge is -2.09. The molecule has 0 radical (unpaired) electrons. The van der Waals surface area contributed by atoms with Crippen molar-refractivity contribution in [1.82, 2.24) is 29.2 Å². The first-order chi connectivity index (χ1) is 25.4. The Labute approximate surface area is 327 Å². The van der Waals surface area contributed by atoms with E-state index in [0.29, 0.717) is 35.2 Å². The molecule has 0 aliphatic carbocycles. The molecule has 6 aromatic rings. The highest BCUT2D eigenvalue weighted by atomic mass is 127. The number of hydrogen-bond acceptors (Lipinski definition) is 12. The zero-order valence-electron chi connectivity index (χ0n) is 30.6. The van der Waals surface area contributed by atoms with E-state index in [4.69, 9.17) is 15.2 Å². The van der Waals surface area contributed by atoms with E-state index in [9.17, 15) is 19.2 Å². The SMILES string of the molecule is COC(=O)COc1nc(C)nn2c(Cc3ccccc3)c(C)c(C(=O)C(N)=O)c12.COC(=O)COc1nc(C)nn2c(Cc3ccccc3)c(C)cc12.[I-]. The molecule has 282 valence electrons. The van der Waals surface area contributed by atoms with Gasteiger partial charge < -0.3 is 48.7 Å². The Morgan fingerprint density at radius 2 is 1.17 bits per heavy atom. The van der Waals surface area contributed by atoms with Crippen LogP contribution in [-0.2, 0) is 36.7 Å². The molecule has 6 rings (SSSR count). The van der Waals surface area contributed by atoms with Gasteiger partial charge in [0.05, 0.1) is 31.2 Å². The number of ether oxygens (including phenoxy) is 4. The van der Waals surface area contributed by atoms with E-state index in [1.165, 1.54) is 24.3 Å². The van der Waals surface area contributed by atoms with Crippen LogP contribution < -0.4 is 39.2 Å². The van der Waals surface area contributed by atoms with Crippen molar-refractivity contribution in [3.8, 4) is 11.8 Å². The lowest BCUT2D eigenvalue weighted by atomic mass is 10.0. The Morgan fingerprint density at radius 1 is 0.685 bits per heavy atom. The Morgan fingerprint density at radius 3 is 1.69 bits per heavy atom. The molecule has 0 saturated carbocycles. The Balaban J connectivity index is 0.000000240. The maximum atomic E-state index is 12.6. The number of halogens is 1. The summed E-state index contributed by atoms with van der Waals surface area (Å²) >= 11 is 0. The van der Waals surface area contributed by atoms with Crippen molar-refractivity contribution in [1.29, 1.82) is 0 Å². The molecule has 2 aromatic carbocycles. The maximum absolute atomic E-state index is 12.6. The molecule has 15 nitrogen and oxygen atoms in total. The molecule has 0 bridgehead atoms. The van der Waals surface area contributed by atoms with Gasteiger partial charge >= 0.3 is 11.9 Å². The van der Waals surface area contributed by atoms with Gasteiger partial charge in [-0.05, 0) is 56.0 Å². The standard InChI is InChI=1S/C20H20N4O5.C18H19N3O3.HI/c1-11-14(9-13-7-5-4-6-8-13)24-17(16(11)18(26)19(21)27)20(22-12(2)23-24)29-10-15(25)28-3;1-12-9-16-18(24-11-17(22)23-3)19-13(2)20-21(16)15(12)10-14-7-5-4-6-8-14;/h4-8H,9-10H2,1-3H3,(H2,21,27);4-9H,10-11H2,1-3H3;1H/p-1. The van der Waals surface area contributed by atoms with Gasteiger partial charge in [0.1, 0.15) is 22.7 Å². The summed E-state index contributed by atoms with van der Waals surface area (Å²) in [5, 5.41) is 8.92. The van der Waals surface area contributed by atoms with Crippen LogP contribution in [-0.4, -0.2) is 80.3 Å². The molecule has 54 heavy (non-hydrogen) atoms. The van der Waals surface area contributed by atoms with E-state index in [-0.39, 0.29) is 47.5 Å². The molecule has 4 heterocycles. The second kappa shape index (κ2) is 18.2. The number of benzene rings is 2. The predicted octanol–water partition coefficient (Wildman–Crippen LogP) is 0.649. The average Bonchev–Trinajstić information content (AvgIpc) is 3.61. The van der Waals surface area contributed by atoms with Gasteiger partial charge in [-0.1, -0.05) is 60.7 Å². The van der Waals surface area contributed by atoms with Crippen LogP contribution in [0.5, 0.6) is 11.8 Å². The molecule has 2 N–H and O–H groups in total. The molecular formula is C38H39IN7O8-. The third kappa shape index (κ3) is 9.35. The number of hydrogen-bond donors (Lipinski definition) is 1. The summed E-state index contributed by atoms with van der Waals surface area (Å²) in [6, 6.07) is 21.8. The summed E-state index contributed by atoms with van der Waals surface area (Å²) in [6.07, 6.45) is 1.21. The van der Waals surface area contributed by atoms with Gasteiger partial charge in [0, 0.05) is 12.8 Å². The molecule has 0 saturated heterocycles. The summed E-state index contributed by atoms with van der Waals surface area (Å²) in [6.45, 7) is 6.61. The molecule has 4 aromatic heterocycles. The minimum Gasteiger partial charge on any atom is -1.00 e. The van der Waals surface area contributed by atoms with Gasteiger partial charge in [0.25, 0.3) is 11.7 Å². The van der Waals surface area contributed by atoms with E-state index in [1.807, 2.05) is 66.0 Å². The fourth-order valence-corrected chi connectivity index (χ4v) is 5.68. The fourth-order valence-electron chi connectivity index (χ4n) is 5.68. The van der Waals surface area contributed by atoms with Gasteiger partial charge in [-0.25, -0.2) is 18.6 Å². The monoisotopic (exact) mass is 848 g/mol. The number of fused-ring (bicyclic) bond motifs is 2. The normalized spacial score (nSPS) is 10.6. The number of ketones is 1. The van der Waals surface area contributed by atoms with E-state index in [2.05, 4.69) is 41.8 Å². The molecule has 0 fully saturated rings. The van der Waals surface area contributed by atoms with Crippen LogP contribution in [0.1, 0.15) is 55.6 Å². The van der Waals surface area contributed by atoms with Crippen LogP contribution in [0.2, 0.25) is 0 Å². The molecule has 0 aliphatic rings. The zero-order chi connectivity index (χ0) is 38.2. The number of carbonyl (C=O) groups is 4. The van der Waals surface area contributed by atoms with Gasteiger partial charge in [0.15, 0.2) is 13.2 Å². The molecule has 0 spiro atoms. The summed E-state index contributed by atoms with van der Waals surface area (Å²) in [4.78, 5) is 55.6. The second-order valence-electron chi connectivity index (χ2n) is 12.0. The smallest absolute Gasteiger partial charge is 0.343 e. The van der Waals surface area contributed by atoms with E-state index in [1.54, 1.807) is 20.8 Å². The van der Waals surface area contributed by atoms with Crippen molar-refractivity contribution in [2.75, 3.05) is 27.4 Å². The van der Waals surface area contributed by atoms with Gasteiger partial charge in [-0.15, -0.1) is 0 Å². The van der Waals surface area contributed by atoms with Crippen molar-refractivity contribution in [3.05, 3.63) is 118 Å². The first-order valence-corrected chi connectivity index (χ1v) is 16.5. The lowest BCUT2D eigenvalue weighted by Crippen LogP contribution is -3.00. The van der Waals surface area contributed by atoms with Gasteiger partial charge in [-0.2, -0.15) is 20.2 Å². The first-order valence-electron chi connectivity index (χ1n) is 16.5. The Kier molecular flexibility index (Phi) is 13.8. The third-order valence-corrected chi connectivity index (χ3v) is 8.23. The van der Waals surface area contributed by atoms with Crippen LogP contribution >= 0.6 is 0 Å². The number of Topliss-reactive ketones (excluding diaryl/α,β-unsaturated/α-hetero) is 1. The van der Waals surface area contributed by atoms with Crippen LogP contribution in [0, 0.1) is 27.7 Å². The summed E-state index contributed by atoms with van der Waals surface area (Å²) in [7, 11) is 2.56. The second-order valence-corrected chi connectivity index (χ2v) is 12.0. The number of carbonyl (C=O) groups excluding carboxylic acids is 4. The number of aromatic nitrogens is 6. The van der Waals surface area contributed by atoms with E-state index < -0.39 is 30.2 Å². The molecule has 0 unspecified atom stereocenters. The largest absolute Gasteiger partial charge is 1.00 e. The molecule has 0 aliphatic heterocycles. The highest BCUT2D eigenvalue weighted by Crippen LogP contribution is 2.31. The number of primary amides is 1. The third-order valence-electron chi connectivity index (χ3n) is 8.23. The zero-order valence-corrected chi connectivity index (χ0v) is 32.7. The quantitative estimate of drug-likeness (QED) is 0.0785. The van der Waals surface area contributed by atoms with Crippen molar-refractivity contribution in [2.45, 2.75) is 40.5 Å². The van der Waals surface area contributed by atoms with E-state index >= 15 is 0 Å². The average molecular weight is 849 g/mol. The summed E-state index contributed by atoms with van der Waals surface area (Å²) < 4.78 is 23.6. The molecule has 1 amide bonds. The van der Waals surface area contributed by atoms with Gasteiger partial charge in [0.2, 0.25) is 11.8 Å². The van der Waals surface area contributed by atoms with Gasteiger partial charge in [-0.3, -0.25) is 9.59 Å². The fraction of sp³-hybridized carbons (Fsp3) is 0.263. The van der Waals surface area contributed by atoms with Crippen LogP contribution in [0.4, 0.5) is 0 Å². The number of esters is 2. The lowest BCUT2D eigenvalue weighted by molar-refractivity contribution is -0.143. The minimum atomic E-state index is -1.11. The topological polar surface area (TPSA) is 192 Å². The van der Waals surface area contributed by atoms with Crippen LogP contribution in [0.15, 0.2) is 66.7 Å². The van der Waals surface area contributed by atoms with Crippen LogP contribution in [0.3, 0.4) is 0 Å². The molecule has 0 atom stereocenters. The molecular weight excluding hydrogens is 809 g/mol. The Hall–Kier alpha value is -5.91. The van der Waals surface area contributed by atoms with Crippen molar-refractivity contribution in [3.63, 3.8) is 0 Å².